The molecule has 8 heteroatoms. The summed E-state index contributed by atoms with van der Waals surface area (Å²) in [7, 11) is 1.63. The highest BCUT2D eigenvalue weighted by Gasteiger charge is 2.27. The molecule has 1 fully saturated rings. The first-order valence-corrected chi connectivity index (χ1v) is 10.5. The number of benzene rings is 2. The minimum absolute atomic E-state index is 0.0515. The Bertz CT molecular complexity index is 1080. The van der Waals surface area contributed by atoms with E-state index in [2.05, 4.69) is 20.4 Å². The second-order valence-electron chi connectivity index (χ2n) is 7.72. The van der Waals surface area contributed by atoms with Crippen LogP contribution in [0.15, 0.2) is 60.7 Å². The van der Waals surface area contributed by atoms with Crippen LogP contribution in [0.2, 0.25) is 0 Å². The normalized spacial score (nSPS) is 15.8. The largest absolute Gasteiger partial charge is 0.497 e. The number of aromatic nitrogens is 2. The highest BCUT2D eigenvalue weighted by molar-refractivity contribution is 5.95. The van der Waals surface area contributed by atoms with Crippen molar-refractivity contribution in [3.05, 3.63) is 66.2 Å². The fourth-order valence-corrected chi connectivity index (χ4v) is 3.77. The SMILES string of the molecule is COc1ccc(-c2ccc(N3CCCC(C(=O)Nc4ccc(C(N)=O)cc4)C3)nn2)cc1. The summed E-state index contributed by atoms with van der Waals surface area (Å²) in [6.07, 6.45) is 1.69. The van der Waals surface area contributed by atoms with E-state index in [9.17, 15) is 9.59 Å². The minimum atomic E-state index is -0.495. The summed E-state index contributed by atoms with van der Waals surface area (Å²) >= 11 is 0. The Morgan fingerprint density at radius 3 is 2.41 bits per heavy atom. The zero-order chi connectivity index (χ0) is 22.5. The van der Waals surface area contributed by atoms with Crippen LogP contribution in [0.25, 0.3) is 11.3 Å². The fraction of sp³-hybridized carbons (Fsp3) is 0.250. The van der Waals surface area contributed by atoms with Gasteiger partial charge in [-0.2, -0.15) is 0 Å². The van der Waals surface area contributed by atoms with Crippen molar-refractivity contribution in [3.8, 4) is 17.0 Å². The molecule has 0 saturated carbocycles. The molecule has 32 heavy (non-hydrogen) atoms. The average Bonchev–Trinajstić information content (AvgIpc) is 2.84. The molecule has 3 N–H and O–H groups in total. The molecule has 2 aromatic carbocycles. The van der Waals surface area contributed by atoms with Crippen molar-refractivity contribution in [1.29, 1.82) is 0 Å². The van der Waals surface area contributed by atoms with E-state index in [1.54, 1.807) is 31.4 Å². The molecule has 1 aliphatic rings. The number of nitrogens with zero attached hydrogens (tertiary/aromatic N) is 3. The number of ether oxygens (including phenoxy) is 1. The third-order valence-electron chi connectivity index (χ3n) is 5.59. The predicted molar refractivity (Wildman–Crippen MR) is 123 cm³/mol. The molecule has 1 aromatic heterocycles. The van der Waals surface area contributed by atoms with Crippen molar-refractivity contribution in [2.24, 2.45) is 11.7 Å². The standard InChI is InChI=1S/C24H25N5O3/c1-32-20-10-6-16(7-11-20)21-12-13-22(28-27-21)29-14-2-3-18(15-29)24(31)26-19-8-4-17(5-9-19)23(25)30/h4-13,18H,2-3,14-15H2,1H3,(H2,25,30)(H,26,31). The maximum Gasteiger partial charge on any atom is 0.248 e. The number of methoxy groups -OCH3 is 1. The summed E-state index contributed by atoms with van der Waals surface area (Å²) in [5.74, 6) is 0.835. The molecule has 1 unspecified atom stereocenters. The van der Waals surface area contributed by atoms with Gasteiger partial charge in [-0.15, -0.1) is 10.2 Å². The zero-order valence-corrected chi connectivity index (χ0v) is 17.8. The topological polar surface area (TPSA) is 110 Å². The van der Waals surface area contributed by atoms with Crippen LogP contribution < -0.4 is 20.7 Å². The van der Waals surface area contributed by atoms with Gasteiger partial charge in [-0.05, 0) is 73.5 Å². The van der Waals surface area contributed by atoms with Crippen molar-refractivity contribution in [2.45, 2.75) is 12.8 Å². The molecule has 0 bridgehead atoms. The first kappa shape index (κ1) is 21.3. The van der Waals surface area contributed by atoms with Gasteiger partial charge in [0.25, 0.3) is 0 Å². The number of rotatable bonds is 6. The number of hydrogen-bond acceptors (Lipinski definition) is 6. The first-order chi connectivity index (χ1) is 15.5. The molecule has 4 rings (SSSR count). The third kappa shape index (κ3) is 4.85. The molecule has 2 amide bonds. The van der Waals surface area contributed by atoms with Crippen LogP contribution >= 0.6 is 0 Å². The minimum Gasteiger partial charge on any atom is -0.497 e. The van der Waals surface area contributed by atoms with E-state index in [0.29, 0.717) is 17.8 Å². The summed E-state index contributed by atoms with van der Waals surface area (Å²) < 4.78 is 5.19. The van der Waals surface area contributed by atoms with E-state index in [0.717, 1.165) is 42.2 Å². The Labute approximate surface area is 186 Å². The van der Waals surface area contributed by atoms with E-state index in [-0.39, 0.29) is 11.8 Å². The van der Waals surface area contributed by atoms with Gasteiger partial charge < -0.3 is 20.7 Å². The smallest absolute Gasteiger partial charge is 0.248 e. The number of nitrogens with two attached hydrogens (primary N) is 1. The second kappa shape index (κ2) is 9.47. The summed E-state index contributed by atoms with van der Waals surface area (Å²) in [5, 5.41) is 11.7. The predicted octanol–water partition coefficient (Wildman–Crippen LogP) is 3.11. The van der Waals surface area contributed by atoms with Gasteiger partial charge in [0.15, 0.2) is 5.82 Å². The van der Waals surface area contributed by atoms with Gasteiger partial charge in [0.2, 0.25) is 11.8 Å². The van der Waals surface area contributed by atoms with Crippen LogP contribution in [0.3, 0.4) is 0 Å². The summed E-state index contributed by atoms with van der Waals surface area (Å²) in [4.78, 5) is 26.1. The quantitative estimate of drug-likeness (QED) is 0.621. The van der Waals surface area contributed by atoms with E-state index in [1.807, 2.05) is 36.4 Å². The molecule has 1 saturated heterocycles. The van der Waals surface area contributed by atoms with Gasteiger partial charge in [-0.25, -0.2) is 0 Å². The van der Waals surface area contributed by atoms with Crippen molar-refractivity contribution in [1.82, 2.24) is 10.2 Å². The van der Waals surface area contributed by atoms with Gasteiger partial charge in [0.05, 0.1) is 18.7 Å². The van der Waals surface area contributed by atoms with Crippen molar-refractivity contribution < 1.29 is 14.3 Å². The molecule has 1 atom stereocenters. The Balaban J connectivity index is 1.39. The Morgan fingerprint density at radius 2 is 1.78 bits per heavy atom. The van der Waals surface area contributed by atoms with Gasteiger partial charge >= 0.3 is 0 Å². The molecule has 0 aliphatic carbocycles. The molecule has 3 aromatic rings. The fourth-order valence-electron chi connectivity index (χ4n) is 3.77. The number of amides is 2. The number of piperidine rings is 1. The summed E-state index contributed by atoms with van der Waals surface area (Å²) in [6.45, 7) is 1.40. The third-order valence-corrected chi connectivity index (χ3v) is 5.59. The van der Waals surface area contributed by atoms with Gasteiger partial charge in [-0.3, -0.25) is 9.59 Å². The van der Waals surface area contributed by atoms with Gasteiger partial charge in [0, 0.05) is 29.9 Å². The zero-order valence-electron chi connectivity index (χ0n) is 17.8. The van der Waals surface area contributed by atoms with E-state index >= 15 is 0 Å². The number of carbonyl (C=O) groups excluding carboxylic acids is 2. The lowest BCUT2D eigenvalue weighted by atomic mass is 9.97. The van der Waals surface area contributed by atoms with E-state index < -0.39 is 5.91 Å². The van der Waals surface area contributed by atoms with Crippen LogP contribution in [0, 0.1) is 5.92 Å². The highest BCUT2D eigenvalue weighted by Crippen LogP contribution is 2.25. The molecule has 1 aliphatic heterocycles. The van der Waals surface area contributed by atoms with Gasteiger partial charge in [-0.1, -0.05) is 0 Å². The molecular weight excluding hydrogens is 406 g/mol. The van der Waals surface area contributed by atoms with Crippen LogP contribution in [-0.4, -0.2) is 42.2 Å². The molecule has 0 radical (unpaired) electrons. The molecule has 2 heterocycles. The lowest BCUT2D eigenvalue weighted by Gasteiger charge is -2.32. The number of carbonyl (C=O) groups is 2. The Morgan fingerprint density at radius 1 is 1.03 bits per heavy atom. The lowest BCUT2D eigenvalue weighted by molar-refractivity contribution is -0.120. The lowest BCUT2D eigenvalue weighted by Crippen LogP contribution is -2.41. The maximum atomic E-state index is 12.8. The number of primary amides is 1. The highest BCUT2D eigenvalue weighted by atomic mass is 16.5. The van der Waals surface area contributed by atoms with Crippen LogP contribution in [-0.2, 0) is 4.79 Å². The monoisotopic (exact) mass is 431 g/mol. The second-order valence-corrected chi connectivity index (χ2v) is 7.72. The number of nitrogens with one attached hydrogen (secondary N) is 1. The maximum absolute atomic E-state index is 12.8. The number of anilines is 2. The molecular formula is C24H25N5O3. The Kier molecular flexibility index (Phi) is 6.30. The van der Waals surface area contributed by atoms with Crippen molar-refractivity contribution in [2.75, 3.05) is 30.4 Å². The Hall–Kier alpha value is -3.94. The summed E-state index contributed by atoms with van der Waals surface area (Å²) in [6, 6.07) is 18.1. The average molecular weight is 431 g/mol. The van der Waals surface area contributed by atoms with Gasteiger partial charge in [0.1, 0.15) is 5.75 Å². The molecule has 164 valence electrons. The van der Waals surface area contributed by atoms with E-state index in [1.165, 1.54) is 0 Å². The van der Waals surface area contributed by atoms with Crippen LogP contribution in [0.4, 0.5) is 11.5 Å². The van der Waals surface area contributed by atoms with Crippen molar-refractivity contribution >= 4 is 23.3 Å². The van der Waals surface area contributed by atoms with Crippen LogP contribution in [0.5, 0.6) is 5.75 Å². The first-order valence-electron chi connectivity index (χ1n) is 10.5. The van der Waals surface area contributed by atoms with E-state index in [4.69, 9.17) is 10.5 Å². The van der Waals surface area contributed by atoms with Crippen LogP contribution in [0.1, 0.15) is 23.2 Å². The van der Waals surface area contributed by atoms with Crippen molar-refractivity contribution in [3.63, 3.8) is 0 Å². The number of hydrogen-bond donors (Lipinski definition) is 2. The molecule has 8 nitrogen and oxygen atoms in total. The molecule has 0 spiro atoms. The summed E-state index contributed by atoms with van der Waals surface area (Å²) in [5.41, 5.74) is 8.05.